The van der Waals surface area contributed by atoms with E-state index in [-0.39, 0.29) is 24.1 Å². The summed E-state index contributed by atoms with van der Waals surface area (Å²) in [5, 5.41) is 14.9. The number of hydrogen-bond acceptors (Lipinski definition) is 3. The maximum absolute atomic E-state index is 11.6. The van der Waals surface area contributed by atoms with Crippen molar-refractivity contribution in [1.82, 2.24) is 10.6 Å². The Morgan fingerprint density at radius 3 is 2.62 bits per heavy atom. The van der Waals surface area contributed by atoms with Crippen molar-refractivity contribution >= 4 is 6.03 Å². The lowest BCUT2D eigenvalue weighted by Crippen LogP contribution is -2.46. The first-order valence-corrected chi connectivity index (χ1v) is 5.97. The van der Waals surface area contributed by atoms with Gasteiger partial charge in [-0.2, -0.15) is 0 Å². The van der Waals surface area contributed by atoms with E-state index in [1.54, 1.807) is 0 Å². The van der Waals surface area contributed by atoms with Gasteiger partial charge in [-0.25, -0.2) is 4.79 Å². The lowest BCUT2D eigenvalue weighted by Gasteiger charge is -2.23. The molecule has 0 aromatic rings. The topological polar surface area (TPSA) is 70.6 Å². The molecule has 0 aromatic heterocycles. The molecule has 16 heavy (non-hydrogen) atoms. The largest absolute Gasteiger partial charge is 0.396 e. The Hall–Kier alpha value is -0.810. The molecule has 0 unspecified atom stereocenters. The van der Waals surface area contributed by atoms with Crippen LogP contribution in [0.3, 0.4) is 0 Å². The number of rotatable bonds is 4. The molecule has 1 heterocycles. The van der Waals surface area contributed by atoms with Crippen molar-refractivity contribution in [1.29, 1.82) is 0 Å². The summed E-state index contributed by atoms with van der Waals surface area (Å²) in [6, 6.07) is 0.115. The van der Waals surface area contributed by atoms with Crippen LogP contribution in [0.25, 0.3) is 0 Å². The van der Waals surface area contributed by atoms with Crippen LogP contribution in [0, 0.1) is 5.41 Å². The van der Waals surface area contributed by atoms with Crippen molar-refractivity contribution in [2.24, 2.45) is 5.41 Å². The second-order valence-corrected chi connectivity index (χ2v) is 4.87. The summed E-state index contributed by atoms with van der Waals surface area (Å²) in [6.45, 7) is 2.21. The molecule has 3 N–H and O–H groups in total. The summed E-state index contributed by atoms with van der Waals surface area (Å²) >= 11 is 0. The summed E-state index contributed by atoms with van der Waals surface area (Å²) < 4.78 is 5.22. The highest BCUT2D eigenvalue weighted by atomic mass is 16.5. The van der Waals surface area contributed by atoms with E-state index in [0.717, 1.165) is 38.9 Å². The van der Waals surface area contributed by atoms with Crippen molar-refractivity contribution in [2.75, 3.05) is 26.4 Å². The van der Waals surface area contributed by atoms with Crippen LogP contribution in [0.5, 0.6) is 0 Å². The summed E-state index contributed by atoms with van der Waals surface area (Å²) in [7, 11) is 0. The Balaban J connectivity index is 1.64. The standard InChI is InChI=1S/C11H20N2O3/c14-8-11(3-4-11)7-12-10(15)13-9-1-5-16-6-2-9/h9,14H,1-8H2,(H2,12,13,15). The molecule has 0 radical (unpaired) electrons. The Bertz CT molecular complexity index is 248. The molecule has 1 saturated carbocycles. The van der Waals surface area contributed by atoms with Crippen LogP contribution in [0.4, 0.5) is 4.79 Å². The Labute approximate surface area is 95.5 Å². The number of ether oxygens (including phenoxy) is 1. The SMILES string of the molecule is O=C(NCC1(CO)CC1)NC1CCOCC1. The van der Waals surface area contributed by atoms with Crippen LogP contribution >= 0.6 is 0 Å². The van der Waals surface area contributed by atoms with Crippen molar-refractivity contribution < 1.29 is 14.6 Å². The number of carbonyl (C=O) groups excluding carboxylic acids is 1. The zero-order valence-corrected chi connectivity index (χ0v) is 9.50. The number of carbonyl (C=O) groups is 1. The lowest BCUT2D eigenvalue weighted by atomic mass is 10.1. The van der Waals surface area contributed by atoms with Crippen LogP contribution in [0.15, 0.2) is 0 Å². The number of aliphatic hydroxyl groups is 1. The zero-order valence-electron chi connectivity index (χ0n) is 9.50. The minimum atomic E-state index is -0.119. The highest BCUT2D eigenvalue weighted by molar-refractivity contribution is 5.74. The zero-order chi connectivity index (χ0) is 11.4. The molecule has 0 atom stereocenters. The molecule has 1 aliphatic carbocycles. The van der Waals surface area contributed by atoms with Crippen molar-refractivity contribution in [3.05, 3.63) is 0 Å². The van der Waals surface area contributed by atoms with Crippen LogP contribution in [0.2, 0.25) is 0 Å². The highest BCUT2D eigenvalue weighted by Crippen LogP contribution is 2.44. The van der Waals surface area contributed by atoms with Crippen molar-refractivity contribution in [2.45, 2.75) is 31.7 Å². The number of amides is 2. The van der Waals surface area contributed by atoms with Crippen LogP contribution < -0.4 is 10.6 Å². The fourth-order valence-electron chi connectivity index (χ4n) is 1.91. The number of hydrogen-bond donors (Lipinski definition) is 3. The van der Waals surface area contributed by atoms with Crippen molar-refractivity contribution in [3.8, 4) is 0 Å². The van der Waals surface area contributed by atoms with Gasteiger partial charge < -0.3 is 20.5 Å². The second-order valence-electron chi connectivity index (χ2n) is 4.87. The molecule has 0 aromatic carbocycles. The first-order valence-electron chi connectivity index (χ1n) is 5.97. The fourth-order valence-corrected chi connectivity index (χ4v) is 1.91. The molecule has 1 saturated heterocycles. The second kappa shape index (κ2) is 5.01. The number of nitrogens with one attached hydrogen (secondary N) is 2. The van der Waals surface area contributed by atoms with E-state index in [1.165, 1.54) is 0 Å². The predicted molar refractivity (Wildman–Crippen MR) is 59.1 cm³/mol. The molecule has 92 valence electrons. The molecule has 5 nitrogen and oxygen atoms in total. The smallest absolute Gasteiger partial charge is 0.315 e. The van der Waals surface area contributed by atoms with Gasteiger partial charge in [0.1, 0.15) is 0 Å². The summed E-state index contributed by atoms with van der Waals surface area (Å²) in [6.07, 6.45) is 3.80. The predicted octanol–water partition coefficient (Wildman–Crippen LogP) is 0.237. The van der Waals surface area contributed by atoms with E-state index in [9.17, 15) is 4.79 Å². The number of urea groups is 1. The average Bonchev–Trinajstić information content (AvgIpc) is 3.09. The van der Waals surface area contributed by atoms with Gasteiger partial charge in [-0.3, -0.25) is 0 Å². The summed E-state index contributed by atoms with van der Waals surface area (Å²) in [4.78, 5) is 11.6. The fraction of sp³-hybridized carbons (Fsp3) is 0.909. The molecular formula is C11H20N2O3. The quantitative estimate of drug-likeness (QED) is 0.645. The summed E-state index contributed by atoms with van der Waals surface area (Å²) in [5.41, 5.74) is -0.0208. The van der Waals surface area contributed by atoms with E-state index in [1.807, 2.05) is 0 Å². The van der Waals surface area contributed by atoms with Crippen molar-refractivity contribution in [3.63, 3.8) is 0 Å². The molecule has 2 fully saturated rings. The van der Waals surface area contributed by atoms with E-state index in [4.69, 9.17) is 9.84 Å². The maximum Gasteiger partial charge on any atom is 0.315 e. The first kappa shape index (κ1) is 11.7. The Kier molecular flexibility index (Phi) is 3.66. The van der Waals surface area contributed by atoms with Gasteiger partial charge in [0, 0.05) is 31.2 Å². The van der Waals surface area contributed by atoms with E-state index < -0.39 is 0 Å². The Morgan fingerprint density at radius 1 is 1.38 bits per heavy atom. The van der Waals surface area contributed by atoms with Gasteiger partial charge in [0.25, 0.3) is 0 Å². The third kappa shape index (κ3) is 3.09. The Morgan fingerprint density at radius 2 is 2.06 bits per heavy atom. The molecular weight excluding hydrogens is 208 g/mol. The van der Waals surface area contributed by atoms with Crippen LogP contribution in [0.1, 0.15) is 25.7 Å². The number of aliphatic hydroxyl groups excluding tert-OH is 1. The van der Waals surface area contributed by atoms with Gasteiger partial charge in [0.15, 0.2) is 0 Å². The lowest BCUT2D eigenvalue weighted by molar-refractivity contribution is 0.0799. The molecule has 5 heteroatoms. The molecule has 0 bridgehead atoms. The average molecular weight is 228 g/mol. The highest BCUT2D eigenvalue weighted by Gasteiger charge is 2.42. The van der Waals surface area contributed by atoms with Gasteiger partial charge in [0.05, 0.1) is 6.61 Å². The normalized spacial score (nSPS) is 23.8. The molecule has 0 spiro atoms. The molecule has 2 aliphatic rings. The monoisotopic (exact) mass is 228 g/mol. The van der Waals surface area contributed by atoms with Gasteiger partial charge in [0.2, 0.25) is 0 Å². The van der Waals surface area contributed by atoms with Crippen LogP contribution in [-0.4, -0.2) is 43.5 Å². The van der Waals surface area contributed by atoms with Gasteiger partial charge in [-0.15, -0.1) is 0 Å². The molecule has 2 rings (SSSR count). The minimum Gasteiger partial charge on any atom is -0.396 e. The van der Waals surface area contributed by atoms with Gasteiger partial charge >= 0.3 is 6.03 Å². The maximum atomic E-state index is 11.6. The molecule has 1 aliphatic heterocycles. The van der Waals surface area contributed by atoms with Gasteiger partial charge in [-0.1, -0.05) is 0 Å². The van der Waals surface area contributed by atoms with Crippen LogP contribution in [-0.2, 0) is 4.74 Å². The van der Waals surface area contributed by atoms with Gasteiger partial charge in [-0.05, 0) is 25.7 Å². The molecule has 2 amide bonds. The third-order valence-electron chi connectivity index (χ3n) is 3.47. The minimum absolute atomic E-state index is 0.0208. The third-order valence-corrected chi connectivity index (χ3v) is 3.47. The van der Waals surface area contributed by atoms with E-state index in [0.29, 0.717) is 6.54 Å². The van der Waals surface area contributed by atoms with E-state index >= 15 is 0 Å². The summed E-state index contributed by atoms with van der Waals surface area (Å²) in [5.74, 6) is 0. The van der Waals surface area contributed by atoms with E-state index in [2.05, 4.69) is 10.6 Å². The first-order chi connectivity index (χ1) is 7.74.